The van der Waals surface area contributed by atoms with Gasteiger partial charge in [0.2, 0.25) is 0 Å². The predicted molar refractivity (Wildman–Crippen MR) is 57.3 cm³/mol. The lowest BCUT2D eigenvalue weighted by atomic mass is 10.0. The van der Waals surface area contributed by atoms with Gasteiger partial charge in [-0.3, -0.25) is 0 Å². The Morgan fingerprint density at radius 1 is 1.20 bits per heavy atom. The molecule has 0 radical (unpaired) electrons. The van der Waals surface area contributed by atoms with Gasteiger partial charge in [0.05, 0.1) is 25.9 Å². The molecule has 1 aromatic rings. The van der Waals surface area contributed by atoms with Crippen molar-refractivity contribution < 1.29 is 9.47 Å². The van der Waals surface area contributed by atoms with Gasteiger partial charge in [-0.05, 0) is 6.07 Å². The Kier molecular flexibility index (Phi) is 2.35. The van der Waals surface area contributed by atoms with Crippen molar-refractivity contribution in [2.24, 2.45) is 0 Å². The molecule has 1 saturated heterocycles. The van der Waals surface area contributed by atoms with Gasteiger partial charge in [0, 0.05) is 18.0 Å². The van der Waals surface area contributed by atoms with Crippen LogP contribution in [0.5, 0.6) is 5.75 Å². The molecule has 3 rings (SSSR count). The largest absolute Gasteiger partial charge is 0.493 e. The van der Waals surface area contributed by atoms with E-state index >= 15 is 0 Å². The number of rotatable bonds is 3. The number of fused-ring (bicyclic) bond motifs is 1. The Hall–Kier alpha value is -1.06. The van der Waals surface area contributed by atoms with Crippen LogP contribution in [0.1, 0.15) is 11.5 Å². The second-order valence-electron chi connectivity index (χ2n) is 4.19. The van der Waals surface area contributed by atoms with Gasteiger partial charge in [-0.2, -0.15) is 0 Å². The fourth-order valence-electron chi connectivity index (χ4n) is 2.06. The van der Waals surface area contributed by atoms with E-state index in [0.717, 1.165) is 32.1 Å². The van der Waals surface area contributed by atoms with Crippen molar-refractivity contribution in [3.05, 3.63) is 29.8 Å². The van der Waals surface area contributed by atoms with Crippen LogP contribution in [0, 0.1) is 0 Å². The smallest absolute Gasteiger partial charge is 0.122 e. The normalized spacial score (nSPS) is 24.4. The summed E-state index contributed by atoms with van der Waals surface area (Å²) in [6.07, 6.45) is 0. The number of hydrogen-bond donors (Lipinski definition) is 1. The predicted octanol–water partition coefficient (Wildman–Crippen LogP) is 1.15. The van der Waals surface area contributed by atoms with Crippen LogP contribution in [0.3, 0.4) is 0 Å². The third-order valence-corrected chi connectivity index (χ3v) is 3.09. The first-order valence-electron chi connectivity index (χ1n) is 5.46. The first-order valence-corrected chi connectivity index (χ1v) is 5.46. The maximum absolute atomic E-state index is 5.62. The summed E-state index contributed by atoms with van der Waals surface area (Å²) in [4.78, 5) is 0. The second-order valence-corrected chi connectivity index (χ2v) is 4.19. The molecule has 0 aliphatic carbocycles. The van der Waals surface area contributed by atoms with E-state index in [2.05, 4.69) is 17.4 Å². The zero-order valence-electron chi connectivity index (χ0n) is 8.61. The number of para-hydroxylation sites is 1. The van der Waals surface area contributed by atoms with Crippen molar-refractivity contribution in [1.82, 2.24) is 5.32 Å². The molecule has 0 saturated carbocycles. The fourth-order valence-corrected chi connectivity index (χ4v) is 2.06. The number of hydrogen-bond acceptors (Lipinski definition) is 3. The summed E-state index contributed by atoms with van der Waals surface area (Å²) in [6, 6.07) is 8.85. The molecule has 2 aliphatic rings. The van der Waals surface area contributed by atoms with E-state index < -0.39 is 0 Å². The Labute approximate surface area is 89.4 Å². The van der Waals surface area contributed by atoms with Crippen LogP contribution in [0.25, 0.3) is 0 Å². The highest BCUT2D eigenvalue weighted by Gasteiger charge is 2.25. The van der Waals surface area contributed by atoms with Crippen molar-refractivity contribution in [3.8, 4) is 5.75 Å². The zero-order chi connectivity index (χ0) is 10.1. The number of ether oxygens (including phenoxy) is 2. The van der Waals surface area contributed by atoms with Crippen LogP contribution < -0.4 is 10.1 Å². The Bertz CT molecular complexity index is 349. The number of nitrogens with one attached hydrogen (secondary N) is 1. The molecule has 1 aromatic carbocycles. The molecule has 80 valence electrons. The minimum atomic E-state index is 0.502. The summed E-state index contributed by atoms with van der Waals surface area (Å²) in [5.74, 6) is 1.55. The average molecular weight is 205 g/mol. The molecular weight excluding hydrogens is 190 g/mol. The third kappa shape index (κ3) is 1.73. The van der Waals surface area contributed by atoms with Crippen LogP contribution in [0.2, 0.25) is 0 Å². The molecule has 15 heavy (non-hydrogen) atoms. The minimum Gasteiger partial charge on any atom is -0.493 e. The maximum atomic E-state index is 5.62. The summed E-state index contributed by atoms with van der Waals surface area (Å²) in [5.41, 5.74) is 1.34. The highest BCUT2D eigenvalue weighted by Crippen LogP contribution is 2.32. The van der Waals surface area contributed by atoms with E-state index in [4.69, 9.17) is 9.47 Å². The van der Waals surface area contributed by atoms with E-state index in [1.54, 1.807) is 0 Å². The molecule has 1 unspecified atom stereocenters. The molecule has 1 atom stereocenters. The molecule has 0 bridgehead atoms. The van der Waals surface area contributed by atoms with Gasteiger partial charge >= 0.3 is 0 Å². The Morgan fingerprint density at radius 3 is 2.87 bits per heavy atom. The summed E-state index contributed by atoms with van der Waals surface area (Å²) in [6.45, 7) is 3.51. The van der Waals surface area contributed by atoms with Gasteiger partial charge in [0.15, 0.2) is 0 Å². The van der Waals surface area contributed by atoms with E-state index in [-0.39, 0.29) is 0 Å². The summed E-state index contributed by atoms with van der Waals surface area (Å²) < 4.78 is 10.7. The molecule has 1 N–H and O–H groups in total. The lowest BCUT2D eigenvalue weighted by Crippen LogP contribution is -2.47. The summed E-state index contributed by atoms with van der Waals surface area (Å²) in [5, 5.41) is 3.50. The Balaban J connectivity index is 1.63. The van der Waals surface area contributed by atoms with E-state index in [0.29, 0.717) is 12.0 Å². The second kappa shape index (κ2) is 3.83. The third-order valence-electron chi connectivity index (χ3n) is 3.09. The molecular formula is C12H15NO2. The highest BCUT2D eigenvalue weighted by atomic mass is 16.5. The molecule has 0 spiro atoms. The summed E-state index contributed by atoms with van der Waals surface area (Å²) >= 11 is 0. The van der Waals surface area contributed by atoms with Gasteiger partial charge in [0.1, 0.15) is 5.75 Å². The first-order chi connectivity index (χ1) is 7.43. The molecule has 3 heteroatoms. The van der Waals surface area contributed by atoms with E-state index in [1.165, 1.54) is 5.56 Å². The molecule has 3 nitrogen and oxygen atoms in total. The summed E-state index contributed by atoms with van der Waals surface area (Å²) in [7, 11) is 0. The van der Waals surface area contributed by atoms with Crippen LogP contribution in [0.4, 0.5) is 0 Å². The van der Waals surface area contributed by atoms with Crippen molar-refractivity contribution in [2.45, 2.75) is 12.0 Å². The van der Waals surface area contributed by atoms with Crippen LogP contribution in [-0.4, -0.2) is 32.4 Å². The molecule has 2 aliphatic heterocycles. The lowest BCUT2D eigenvalue weighted by Gasteiger charge is -2.28. The van der Waals surface area contributed by atoms with Crippen molar-refractivity contribution in [1.29, 1.82) is 0 Å². The van der Waals surface area contributed by atoms with Gasteiger partial charge < -0.3 is 14.8 Å². The SMILES string of the molecule is c1ccc2c(c1)OCC2CNC1COC1. The van der Waals surface area contributed by atoms with Crippen LogP contribution >= 0.6 is 0 Å². The van der Waals surface area contributed by atoms with Crippen molar-refractivity contribution in [2.75, 3.05) is 26.4 Å². The molecule has 0 aromatic heterocycles. The van der Waals surface area contributed by atoms with Gasteiger partial charge in [-0.15, -0.1) is 0 Å². The van der Waals surface area contributed by atoms with Crippen molar-refractivity contribution in [3.63, 3.8) is 0 Å². The standard InChI is InChI=1S/C12H15NO2/c1-2-4-12-11(3-1)9(6-15-12)5-13-10-7-14-8-10/h1-4,9-10,13H,5-8H2. The molecule has 1 fully saturated rings. The Morgan fingerprint density at radius 2 is 2.07 bits per heavy atom. The first kappa shape index (κ1) is 9.19. The monoisotopic (exact) mass is 205 g/mol. The zero-order valence-corrected chi connectivity index (χ0v) is 8.61. The van der Waals surface area contributed by atoms with Gasteiger partial charge in [-0.1, -0.05) is 18.2 Å². The highest BCUT2D eigenvalue weighted by molar-refractivity contribution is 5.39. The fraction of sp³-hybridized carbons (Fsp3) is 0.500. The topological polar surface area (TPSA) is 30.5 Å². The van der Waals surface area contributed by atoms with Crippen molar-refractivity contribution >= 4 is 0 Å². The molecule has 2 heterocycles. The van der Waals surface area contributed by atoms with Crippen LogP contribution in [-0.2, 0) is 4.74 Å². The number of benzene rings is 1. The average Bonchev–Trinajstić information content (AvgIpc) is 2.60. The lowest BCUT2D eigenvalue weighted by molar-refractivity contribution is -0.00563. The van der Waals surface area contributed by atoms with Gasteiger partial charge in [-0.25, -0.2) is 0 Å². The minimum absolute atomic E-state index is 0.502. The van der Waals surface area contributed by atoms with E-state index in [9.17, 15) is 0 Å². The van der Waals surface area contributed by atoms with Gasteiger partial charge in [0.25, 0.3) is 0 Å². The van der Waals surface area contributed by atoms with E-state index in [1.807, 2.05) is 12.1 Å². The maximum Gasteiger partial charge on any atom is 0.122 e. The molecule has 0 amide bonds. The quantitative estimate of drug-likeness (QED) is 0.803. The van der Waals surface area contributed by atoms with Crippen LogP contribution in [0.15, 0.2) is 24.3 Å².